The van der Waals surface area contributed by atoms with Gasteiger partial charge in [0.2, 0.25) is 5.91 Å². The average Bonchev–Trinajstić information content (AvgIpc) is 3.25. The van der Waals surface area contributed by atoms with E-state index in [1.165, 1.54) is 12.8 Å². The predicted molar refractivity (Wildman–Crippen MR) is 76.8 cm³/mol. The van der Waals surface area contributed by atoms with Crippen molar-refractivity contribution >= 4 is 5.91 Å². The highest BCUT2D eigenvalue weighted by Gasteiger charge is 2.27. The first kappa shape index (κ1) is 14.5. The third-order valence-electron chi connectivity index (χ3n) is 4.01. The Morgan fingerprint density at radius 3 is 2.95 bits per heavy atom. The molecular weight excluding hydrogens is 270 g/mol. The summed E-state index contributed by atoms with van der Waals surface area (Å²) in [6.45, 7) is 5.00. The highest BCUT2D eigenvalue weighted by Crippen LogP contribution is 2.40. The zero-order valence-electron chi connectivity index (χ0n) is 12.3. The Hall–Kier alpha value is -1.40. The van der Waals surface area contributed by atoms with E-state index < -0.39 is 0 Å². The van der Waals surface area contributed by atoms with Crippen LogP contribution in [0.2, 0.25) is 0 Å². The number of amides is 1. The summed E-state index contributed by atoms with van der Waals surface area (Å²) in [5.41, 5.74) is 0.818. The first-order valence-electron chi connectivity index (χ1n) is 7.83. The van der Waals surface area contributed by atoms with Gasteiger partial charge in [-0.25, -0.2) is 0 Å². The van der Waals surface area contributed by atoms with Gasteiger partial charge >= 0.3 is 0 Å². The quantitative estimate of drug-likeness (QED) is 0.820. The molecule has 0 unspecified atom stereocenters. The second-order valence-corrected chi connectivity index (χ2v) is 5.83. The molecule has 1 amide bonds. The van der Waals surface area contributed by atoms with Crippen molar-refractivity contribution in [1.82, 2.24) is 15.4 Å². The highest BCUT2D eigenvalue weighted by molar-refractivity contribution is 5.75. The fourth-order valence-corrected chi connectivity index (χ4v) is 2.54. The van der Waals surface area contributed by atoms with Gasteiger partial charge in [-0.05, 0) is 25.8 Å². The lowest BCUT2D eigenvalue weighted by Gasteiger charge is -2.26. The number of hydrogen-bond donors (Lipinski definition) is 1. The summed E-state index contributed by atoms with van der Waals surface area (Å²) < 4.78 is 10.6. The van der Waals surface area contributed by atoms with Crippen molar-refractivity contribution in [2.75, 3.05) is 32.8 Å². The third kappa shape index (κ3) is 4.54. The second-order valence-electron chi connectivity index (χ2n) is 5.83. The molecule has 2 aliphatic rings. The number of morpholine rings is 1. The van der Waals surface area contributed by atoms with Gasteiger partial charge in [-0.1, -0.05) is 5.16 Å². The molecule has 1 aromatic heterocycles. The van der Waals surface area contributed by atoms with E-state index in [0.29, 0.717) is 18.9 Å². The molecule has 1 aliphatic heterocycles. The van der Waals surface area contributed by atoms with Crippen LogP contribution in [0.5, 0.6) is 0 Å². The lowest BCUT2D eigenvalue weighted by atomic mass is 10.2. The molecule has 21 heavy (non-hydrogen) atoms. The van der Waals surface area contributed by atoms with E-state index in [4.69, 9.17) is 9.26 Å². The molecule has 1 saturated carbocycles. The van der Waals surface area contributed by atoms with Crippen LogP contribution in [0, 0.1) is 0 Å². The normalized spacial score (nSPS) is 19.6. The van der Waals surface area contributed by atoms with Gasteiger partial charge in [0, 0.05) is 31.5 Å². The van der Waals surface area contributed by atoms with Crippen LogP contribution in [0.15, 0.2) is 10.6 Å². The monoisotopic (exact) mass is 293 g/mol. The zero-order chi connectivity index (χ0) is 14.5. The van der Waals surface area contributed by atoms with Crippen LogP contribution in [-0.2, 0) is 16.1 Å². The number of nitrogens with zero attached hydrogens (tertiary/aromatic N) is 2. The molecule has 116 valence electrons. The number of carbonyl (C=O) groups excluding carboxylic acids is 1. The minimum absolute atomic E-state index is 0.0826. The Morgan fingerprint density at radius 2 is 2.19 bits per heavy atom. The summed E-state index contributed by atoms with van der Waals surface area (Å²) in [4.78, 5) is 14.1. The molecule has 6 heteroatoms. The van der Waals surface area contributed by atoms with Crippen molar-refractivity contribution in [2.45, 2.75) is 38.1 Å². The van der Waals surface area contributed by atoms with E-state index in [1.54, 1.807) is 0 Å². The maximum absolute atomic E-state index is 11.8. The average molecular weight is 293 g/mol. The van der Waals surface area contributed by atoms with E-state index in [-0.39, 0.29) is 5.91 Å². The Morgan fingerprint density at radius 1 is 1.38 bits per heavy atom. The van der Waals surface area contributed by atoms with E-state index >= 15 is 0 Å². The standard InChI is InChI=1S/C15H23N3O3/c19-15(2-1-5-18-6-8-20-9-7-18)16-11-13-10-14(21-17-13)12-3-4-12/h10,12H,1-9,11H2,(H,16,19). The highest BCUT2D eigenvalue weighted by atomic mass is 16.5. The number of hydrogen-bond acceptors (Lipinski definition) is 5. The fourth-order valence-electron chi connectivity index (χ4n) is 2.54. The second kappa shape index (κ2) is 7.04. The van der Waals surface area contributed by atoms with Crippen molar-refractivity contribution in [1.29, 1.82) is 0 Å². The number of nitrogens with one attached hydrogen (secondary N) is 1. The lowest BCUT2D eigenvalue weighted by Crippen LogP contribution is -2.37. The van der Waals surface area contributed by atoms with E-state index in [2.05, 4.69) is 15.4 Å². The molecule has 0 radical (unpaired) electrons. The summed E-state index contributed by atoms with van der Waals surface area (Å²) in [6.07, 6.45) is 3.84. The summed E-state index contributed by atoms with van der Waals surface area (Å²) in [6, 6.07) is 1.96. The van der Waals surface area contributed by atoms with Crippen LogP contribution in [0.25, 0.3) is 0 Å². The van der Waals surface area contributed by atoms with Crippen molar-refractivity contribution in [3.05, 3.63) is 17.5 Å². The van der Waals surface area contributed by atoms with Crippen LogP contribution in [0.3, 0.4) is 0 Å². The predicted octanol–water partition coefficient (Wildman–Crippen LogP) is 1.28. The van der Waals surface area contributed by atoms with Crippen LogP contribution in [-0.4, -0.2) is 48.8 Å². The van der Waals surface area contributed by atoms with Gasteiger partial charge in [-0.3, -0.25) is 9.69 Å². The topological polar surface area (TPSA) is 67.6 Å². The number of aromatic nitrogens is 1. The summed E-state index contributed by atoms with van der Waals surface area (Å²) in [7, 11) is 0. The van der Waals surface area contributed by atoms with Gasteiger partial charge < -0.3 is 14.6 Å². The molecule has 0 spiro atoms. The summed E-state index contributed by atoms with van der Waals surface area (Å²) >= 11 is 0. The first-order valence-corrected chi connectivity index (χ1v) is 7.83. The summed E-state index contributed by atoms with van der Waals surface area (Å²) in [5.74, 6) is 1.61. The fraction of sp³-hybridized carbons (Fsp3) is 0.733. The maximum atomic E-state index is 11.8. The Labute approximate surface area is 124 Å². The van der Waals surface area contributed by atoms with Gasteiger partial charge in [0.05, 0.1) is 19.8 Å². The number of carbonyl (C=O) groups is 1. The maximum Gasteiger partial charge on any atom is 0.220 e. The smallest absolute Gasteiger partial charge is 0.220 e. The van der Waals surface area contributed by atoms with E-state index in [1.807, 2.05) is 6.07 Å². The Balaban J connectivity index is 1.30. The molecule has 1 aromatic rings. The van der Waals surface area contributed by atoms with Gasteiger partial charge in [0.1, 0.15) is 11.5 Å². The van der Waals surface area contributed by atoms with Gasteiger partial charge in [-0.2, -0.15) is 0 Å². The molecule has 2 fully saturated rings. The largest absolute Gasteiger partial charge is 0.379 e. The van der Waals surface area contributed by atoms with Crippen molar-refractivity contribution in [2.24, 2.45) is 0 Å². The molecule has 1 N–H and O–H groups in total. The SMILES string of the molecule is O=C(CCCN1CCOCC1)NCc1cc(C2CC2)on1. The molecule has 6 nitrogen and oxygen atoms in total. The van der Waals surface area contributed by atoms with Gasteiger partial charge in [0.25, 0.3) is 0 Å². The van der Waals surface area contributed by atoms with Crippen LogP contribution in [0.4, 0.5) is 0 Å². The number of rotatable bonds is 7. The van der Waals surface area contributed by atoms with Crippen LogP contribution < -0.4 is 5.32 Å². The van der Waals surface area contributed by atoms with Gasteiger partial charge in [0.15, 0.2) is 0 Å². The molecule has 3 rings (SSSR count). The van der Waals surface area contributed by atoms with E-state index in [9.17, 15) is 4.79 Å². The Kier molecular flexibility index (Phi) is 4.87. The molecular formula is C15H23N3O3. The minimum Gasteiger partial charge on any atom is -0.379 e. The van der Waals surface area contributed by atoms with Crippen molar-refractivity contribution in [3.8, 4) is 0 Å². The molecule has 0 atom stereocenters. The summed E-state index contributed by atoms with van der Waals surface area (Å²) in [5, 5.41) is 6.90. The zero-order valence-corrected chi connectivity index (χ0v) is 12.3. The molecule has 1 saturated heterocycles. The Bertz CT molecular complexity index is 464. The number of ether oxygens (including phenoxy) is 1. The van der Waals surface area contributed by atoms with Crippen LogP contribution in [0.1, 0.15) is 43.1 Å². The molecule has 2 heterocycles. The first-order chi connectivity index (χ1) is 10.3. The lowest BCUT2D eigenvalue weighted by molar-refractivity contribution is -0.121. The molecule has 0 aromatic carbocycles. The minimum atomic E-state index is 0.0826. The van der Waals surface area contributed by atoms with E-state index in [0.717, 1.165) is 50.7 Å². The van der Waals surface area contributed by atoms with Crippen LogP contribution >= 0.6 is 0 Å². The van der Waals surface area contributed by atoms with Crippen molar-refractivity contribution in [3.63, 3.8) is 0 Å². The van der Waals surface area contributed by atoms with Crippen molar-refractivity contribution < 1.29 is 14.1 Å². The molecule has 0 bridgehead atoms. The molecule has 1 aliphatic carbocycles. The third-order valence-corrected chi connectivity index (χ3v) is 4.01. The van der Waals surface area contributed by atoms with Gasteiger partial charge in [-0.15, -0.1) is 0 Å².